The Morgan fingerprint density at radius 3 is 2.52 bits per heavy atom. The molecule has 3 heterocycles. The molecule has 1 aliphatic heterocycles. The van der Waals surface area contributed by atoms with Gasteiger partial charge in [0.25, 0.3) is 5.91 Å². The number of anilines is 2. The molecule has 1 saturated carbocycles. The minimum atomic E-state index is -4.74. The van der Waals surface area contributed by atoms with Crippen LogP contribution in [-0.2, 0) is 26.4 Å². The molecule has 0 atom stereocenters. The lowest BCUT2D eigenvalue weighted by Crippen LogP contribution is -2.25. The first kappa shape index (κ1) is 28.8. The van der Waals surface area contributed by atoms with E-state index in [-0.39, 0.29) is 34.5 Å². The fourth-order valence-electron chi connectivity index (χ4n) is 5.51. The molecule has 2 aromatic heterocycles. The predicted molar refractivity (Wildman–Crippen MR) is 153 cm³/mol. The van der Waals surface area contributed by atoms with Gasteiger partial charge in [-0.1, -0.05) is 0 Å². The molecule has 10 nitrogen and oxygen atoms in total. The molecular formula is C31H25F3N8O2. The fourth-order valence-corrected chi connectivity index (χ4v) is 5.51. The number of halogens is 3. The second-order valence-corrected chi connectivity index (χ2v) is 11.1. The molecule has 0 spiro atoms. The summed E-state index contributed by atoms with van der Waals surface area (Å²) in [5.41, 5.74) is 0.563. The SMILES string of the molecule is Cn1cnnc1-c1ccc(C#N)cc1-c1cc(NCC2(CC#N)CC2)nc(N2Cc3c(cc(CO)cc3C(F)(F)F)C2=O)c1. The van der Waals surface area contributed by atoms with Gasteiger partial charge in [-0.3, -0.25) is 9.69 Å². The van der Waals surface area contributed by atoms with Gasteiger partial charge < -0.3 is 15.0 Å². The van der Waals surface area contributed by atoms with E-state index in [0.29, 0.717) is 46.9 Å². The lowest BCUT2D eigenvalue weighted by Gasteiger charge is -2.20. The molecular weight excluding hydrogens is 573 g/mol. The number of hydrogen-bond acceptors (Lipinski definition) is 8. The van der Waals surface area contributed by atoms with Crippen LogP contribution in [0.4, 0.5) is 24.8 Å². The Hall–Kier alpha value is -5.27. The second-order valence-electron chi connectivity index (χ2n) is 11.1. The summed E-state index contributed by atoms with van der Waals surface area (Å²) in [6.07, 6.45) is -1.11. The Labute approximate surface area is 250 Å². The molecule has 13 heteroatoms. The minimum Gasteiger partial charge on any atom is -0.392 e. The molecule has 0 radical (unpaired) electrons. The molecule has 1 fully saturated rings. The van der Waals surface area contributed by atoms with Gasteiger partial charge in [0, 0.05) is 36.6 Å². The highest BCUT2D eigenvalue weighted by atomic mass is 19.4. The summed E-state index contributed by atoms with van der Waals surface area (Å²) in [5.74, 6) is 0.281. The van der Waals surface area contributed by atoms with Crippen molar-refractivity contribution in [2.75, 3.05) is 16.8 Å². The molecule has 4 aromatic rings. The molecule has 0 bridgehead atoms. The second kappa shape index (κ2) is 10.8. The zero-order valence-corrected chi connectivity index (χ0v) is 23.5. The molecule has 2 aromatic carbocycles. The van der Waals surface area contributed by atoms with Crippen molar-refractivity contribution in [3.8, 4) is 34.7 Å². The van der Waals surface area contributed by atoms with E-state index >= 15 is 0 Å². The summed E-state index contributed by atoms with van der Waals surface area (Å²) in [5, 5.41) is 40.0. The third kappa shape index (κ3) is 5.23. The number of carbonyl (C=O) groups is 1. The van der Waals surface area contributed by atoms with Crippen molar-refractivity contribution in [1.29, 1.82) is 10.5 Å². The van der Waals surface area contributed by atoms with Gasteiger partial charge in [-0.2, -0.15) is 23.7 Å². The number of aromatic nitrogens is 4. The highest BCUT2D eigenvalue weighted by Crippen LogP contribution is 2.48. The van der Waals surface area contributed by atoms with Gasteiger partial charge in [-0.25, -0.2) is 4.98 Å². The number of fused-ring (bicyclic) bond motifs is 1. The number of nitrogens with zero attached hydrogens (tertiary/aromatic N) is 7. The standard InChI is InChI=1S/C31H25F3N8O2/c1-41-17-38-40-28(41)21-3-2-18(13-36)8-22(21)20-11-26(37-16-30(4-5-30)6-7-35)39-27(12-20)42-14-24-23(29(42)44)9-19(15-43)10-25(24)31(32,33)34/h2-3,8-12,17,43H,4-6,14-16H2,1H3,(H,37,39). The molecule has 6 rings (SSSR count). The number of aliphatic hydroxyl groups is 1. The van der Waals surface area contributed by atoms with E-state index in [2.05, 4.69) is 32.6 Å². The highest BCUT2D eigenvalue weighted by Gasteiger charge is 2.43. The van der Waals surface area contributed by atoms with Crippen molar-refractivity contribution in [1.82, 2.24) is 19.7 Å². The summed E-state index contributed by atoms with van der Waals surface area (Å²) in [6.45, 7) is -0.593. The molecule has 44 heavy (non-hydrogen) atoms. The summed E-state index contributed by atoms with van der Waals surface area (Å²) in [4.78, 5) is 19.4. The van der Waals surface area contributed by atoms with E-state index in [9.17, 15) is 33.6 Å². The maximum absolute atomic E-state index is 14.0. The fraction of sp³-hybridized carbons (Fsp3) is 0.290. The number of alkyl halides is 3. The van der Waals surface area contributed by atoms with Crippen LogP contribution in [0.5, 0.6) is 0 Å². The van der Waals surface area contributed by atoms with Gasteiger partial charge in [-0.05, 0) is 77.6 Å². The molecule has 1 amide bonds. The number of nitrogens with one attached hydrogen (secondary N) is 1. The Morgan fingerprint density at radius 1 is 1.09 bits per heavy atom. The van der Waals surface area contributed by atoms with Crippen LogP contribution in [0.2, 0.25) is 0 Å². The van der Waals surface area contributed by atoms with Gasteiger partial charge in [0.15, 0.2) is 5.82 Å². The lowest BCUT2D eigenvalue weighted by molar-refractivity contribution is -0.138. The molecule has 1 aliphatic carbocycles. The average Bonchev–Trinajstić information content (AvgIpc) is 3.52. The van der Waals surface area contributed by atoms with Crippen molar-refractivity contribution in [2.24, 2.45) is 12.5 Å². The van der Waals surface area contributed by atoms with Crippen molar-refractivity contribution in [3.63, 3.8) is 0 Å². The summed E-state index contributed by atoms with van der Waals surface area (Å²) < 4.78 is 43.8. The predicted octanol–water partition coefficient (Wildman–Crippen LogP) is 5.19. The number of nitriles is 2. The molecule has 0 unspecified atom stereocenters. The van der Waals surface area contributed by atoms with Crippen LogP contribution in [-0.4, -0.2) is 37.3 Å². The number of carbonyl (C=O) groups excluding carboxylic acids is 1. The summed E-state index contributed by atoms with van der Waals surface area (Å²) in [7, 11) is 1.77. The van der Waals surface area contributed by atoms with Gasteiger partial charge in [-0.15, -0.1) is 10.2 Å². The maximum atomic E-state index is 14.0. The molecule has 222 valence electrons. The number of benzene rings is 2. The largest absolute Gasteiger partial charge is 0.416 e. The van der Waals surface area contributed by atoms with E-state index < -0.39 is 24.3 Å². The average molecular weight is 599 g/mol. The maximum Gasteiger partial charge on any atom is 0.416 e. The Kier molecular flexibility index (Phi) is 7.06. The first-order valence-electron chi connectivity index (χ1n) is 13.7. The van der Waals surface area contributed by atoms with E-state index in [1.165, 1.54) is 17.3 Å². The zero-order valence-electron chi connectivity index (χ0n) is 23.5. The first-order chi connectivity index (χ1) is 21.1. The third-order valence-electron chi connectivity index (χ3n) is 8.15. The van der Waals surface area contributed by atoms with Crippen LogP contribution in [0.25, 0.3) is 22.5 Å². The van der Waals surface area contributed by atoms with E-state index in [1.54, 1.807) is 41.9 Å². The minimum absolute atomic E-state index is 0.0239. The van der Waals surface area contributed by atoms with Gasteiger partial charge in [0.1, 0.15) is 18.0 Å². The first-order valence-corrected chi connectivity index (χ1v) is 13.7. The van der Waals surface area contributed by atoms with Crippen LogP contribution < -0.4 is 10.2 Å². The number of pyridine rings is 1. The van der Waals surface area contributed by atoms with Crippen molar-refractivity contribution < 1.29 is 23.1 Å². The monoisotopic (exact) mass is 598 g/mol. The van der Waals surface area contributed by atoms with E-state index in [1.807, 2.05) is 0 Å². The smallest absolute Gasteiger partial charge is 0.392 e. The number of aryl methyl sites for hydroxylation is 1. The number of aliphatic hydroxyl groups excluding tert-OH is 1. The van der Waals surface area contributed by atoms with Gasteiger partial charge in [0.2, 0.25) is 0 Å². The highest BCUT2D eigenvalue weighted by molar-refractivity contribution is 6.10. The van der Waals surface area contributed by atoms with Crippen LogP contribution >= 0.6 is 0 Å². The van der Waals surface area contributed by atoms with Crippen LogP contribution in [0.15, 0.2) is 48.8 Å². The van der Waals surface area contributed by atoms with Crippen LogP contribution in [0.1, 0.15) is 51.9 Å². The van der Waals surface area contributed by atoms with Crippen molar-refractivity contribution in [3.05, 3.63) is 76.6 Å². The summed E-state index contributed by atoms with van der Waals surface area (Å²) >= 11 is 0. The van der Waals surface area contributed by atoms with Gasteiger partial charge >= 0.3 is 6.18 Å². The van der Waals surface area contributed by atoms with E-state index in [0.717, 1.165) is 18.9 Å². The Morgan fingerprint density at radius 2 is 1.89 bits per heavy atom. The normalized spacial score (nSPS) is 15.1. The quantitative estimate of drug-likeness (QED) is 0.282. The van der Waals surface area contributed by atoms with Crippen molar-refractivity contribution in [2.45, 2.75) is 38.6 Å². The van der Waals surface area contributed by atoms with Crippen molar-refractivity contribution >= 4 is 17.5 Å². The van der Waals surface area contributed by atoms with Crippen LogP contribution in [0, 0.1) is 28.1 Å². The zero-order chi connectivity index (χ0) is 31.2. The number of rotatable bonds is 8. The number of hydrogen-bond donors (Lipinski definition) is 2. The van der Waals surface area contributed by atoms with Crippen LogP contribution in [0.3, 0.4) is 0 Å². The lowest BCUT2D eigenvalue weighted by atomic mass is 9.97. The number of amides is 1. The van der Waals surface area contributed by atoms with E-state index in [4.69, 9.17) is 0 Å². The Bertz CT molecular complexity index is 1880. The topological polar surface area (TPSA) is 144 Å². The van der Waals surface area contributed by atoms with Gasteiger partial charge in [0.05, 0.1) is 36.4 Å². The third-order valence-corrected chi connectivity index (χ3v) is 8.15. The summed E-state index contributed by atoms with van der Waals surface area (Å²) in [6, 6.07) is 14.9. The molecule has 2 N–H and O–H groups in total. The molecule has 2 aliphatic rings. The molecule has 0 saturated heterocycles. The Balaban J connectivity index is 1.49.